The van der Waals surface area contributed by atoms with Gasteiger partial charge in [0, 0.05) is 24.7 Å². The standard InChI is InChI=1S/C14H21NO3/c1-10(2)18-9-8-15(4)14(17)12-6-5-7-13(16)11(12)3/h5-7,10,16H,8-9H2,1-4H3. The molecule has 0 aliphatic carbocycles. The Labute approximate surface area is 108 Å². The number of nitrogens with zero attached hydrogens (tertiary/aromatic N) is 1. The average molecular weight is 251 g/mol. The monoisotopic (exact) mass is 251 g/mol. The smallest absolute Gasteiger partial charge is 0.254 e. The van der Waals surface area contributed by atoms with Crippen LogP contribution in [0.2, 0.25) is 0 Å². The van der Waals surface area contributed by atoms with E-state index in [2.05, 4.69) is 0 Å². The summed E-state index contributed by atoms with van der Waals surface area (Å²) < 4.78 is 5.41. The van der Waals surface area contributed by atoms with Crippen molar-refractivity contribution in [3.63, 3.8) is 0 Å². The van der Waals surface area contributed by atoms with Gasteiger partial charge in [0.25, 0.3) is 5.91 Å². The van der Waals surface area contributed by atoms with Crippen LogP contribution in [0.25, 0.3) is 0 Å². The Morgan fingerprint density at radius 1 is 1.44 bits per heavy atom. The molecular weight excluding hydrogens is 230 g/mol. The Morgan fingerprint density at radius 2 is 2.11 bits per heavy atom. The second-order valence-electron chi connectivity index (χ2n) is 4.60. The number of carbonyl (C=O) groups excluding carboxylic acids is 1. The first-order valence-electron chi connectivity index (χ1n) is 6.09. The minimum absolute atomic E-state index is 0.101. The topological polar surface area (TPSA) is 49.8 Å². The number of amides is 1. The molecule has 0 radical (unpaired) electrons. The molecule has 0 spiro atoms. The number of ether oxygens (including phenoxy) is 1. The van der Waals surface area contributed by atoms with E-state index in [1.54, 1.807) is 37.1 Å². The van der Waals surface area contributed by atoms with Crippen LogP contribution in [0, 0.1) is 6.92 Å². The van der Waals surface area contributed by atoms with Crippen LogP contribution in [0.3, 0.4) is 0 Å². The summed E-state index contributed by atoms with van der Waals surface area (Å²) in [6.07, 6.45) is 0.163. The quantitative estimate of drug-likeness (QED) is 0.872. The Balaban J connectivity index is 2.66. The Bertz CT molecular complexity index is 416. The molecule has 0 atom stereocenters. The molecule has 0 aliphatic heterocycles. The third-order valence-electron chi connectivity index (χ3n) is 2.76. The van der Waals surface area contributed by atoms with Gasteiger partial charge in [-0.25, -0.2) is 0 Å². The summed E-state index contributed by atoms with van der Waals surface area (Å²) >= 11 is 0. The maximum absolute atomic E-state index is 12.2. The SMILES string of the molecule is Cc1c(O)cccc1C(=O)N(C)CCOC(C)C. The van der Waals surface area contributed by atoms with Crippen LogP contribution in [0.1, 0.15) is 29.8 Å². The van der Waals surface area contributed by atoms with Gasteiger partial charge in [-0.15, -0.1) is 0 Å². The lowest BCUT2D eigenvalue weighted by molar-refractivity contribution is 0.0531. The summed E-state index contributed by atoms with van der Waals surface area (Å²) in [6, 6.07) is 4.97. The zero-order valence-electron chi connectivity index (χ0n) is 11.4. The molecule has 0 aliphatic rings. The minimum atomic E-state index is -0.101. The Kier molecular flexibility index (Phi) is 5.16. The van der Waals surface area contributed by atoms with Gasteiger partial charge in [0.1, 0.15) is 5.75 Å². The van der Waals surface area contributed by atoms with Crippen LogP contribution in [0.15, 0.2) is 18.2 Å². The zero-order valence-corrected chi connectivity index (χ0v) is 11.4. The van der Waals surface area contributed by atoms with Crippen molar-refractivity contribution in [3.8, 4) is 5.75 Å². The van der Waals surface area contributed by atoms with Gasteiger partial charge in [0.15, 0.2) is 0 Å². The highest BCUT2D eigenvalue weighted by Crippen LogP contribution is 2.20. The van der Waals surface area contributed by atoms with E-state index in [-0.39, 0.29) is 17.8 Å². The molecule has 100 valence electrons. The molecule has 1 aromatic rings. The average Bonchev–Trinajstić information content (AvgIpc) is 2.31. The number of likely N-dealkylation sites (N-methyl/N-ethyl adjacent to an activating group) is 1. The van der Waals surface area contributed by atoms with E-state index < -0.39 is 0 Å². The molecule has 4 heteroatoms. The molecule has 4 nitrogen and oxygen atoms in total. The first-order valence-corrected chi connectivity index (χ1v) is 6.09. The summed E-state index contributed by atoms with van der Waals surface area (Å²) in [6.45, 7) is 6.70. The van der Waals surface area contributed by atoms with Crippen molar-refractivity contribution >= 4 is 5.91 Å². The number of rotatable bonds is 5. The molecule has 0 saturated heterocycles. The summed E-state index contributed by atoms with van der Waals surface area (Å²) in [7, 11) is 1.73. The van der Waals surface area contributed by atoms with Gasteiger partial charge in [0.05, 0.1) is 12.7 Å². The van der Waals surface area contributed by atoms with Crippen LogP contribution in [-0.4, -0.2) is 42.2 Å². The van der Waals surface area contributed by atoms with E-state index in [4.69, 9.17) is 4.74 Å². The lowest BCUT2D eigenvalue weighted by Crippen LogP contribution is -2.31. The predicted molar refractivity (Wildman–Crippen MR) is 70.9 cm³/mol. The highest BCUT2D eigenvalue weighted by atomic mass is 16.5. The van der Waals surface area contributed by atoms with Gasteiger partial charge in [0.2, 0.25) is 0 Å². The van der Waals surface area contributed by atoms with Crippen LogP contribution < -0.4 is 0 Å². The van der Waals surface area contributed by atoms with E-state index in [0.29, 0.717) is 24.3 Å². The van der Waals surface area contributed by atoms with Crippen LogP contribution in [-0.2, 0) is 4.74 Å². The van der Waals surface area contributed by atoms with E-state index in [0.717, 1.165) is 0 Å². The van der Waals surface area contributed by atoms with Crippen molar-refractivity contribution < 1.29 is 14.6 Å². The summed E-state index contributed by atoms with van der Waals surface area (Å²) in [5.41, 5.74) is 1.14. The second-order valence-corrected chi connectivity index (χ2v) is 4.60. The van der Waals surface area contributed by atoms with Crippen LogP contribution in [0.5, 0.6) is 5.75 Å². The molecule has 0 fully saturated rings. The normalized spacial score (nSPS) is 10.7. The lowest BCUT2D eigenvalue weighted by Gasteiger charge is -2.19. The van der Waals surface area contributed by atoms with Gasteiger partial charge < -0.3 is 14.7 Å². The Morgan fingerprint density at radius 3 is 2.72 bits per heavy atom. The molecule has 1 N–H and O–H groups in total. The fraction of sp³-hybridized carbons (Fsp3) is 0.500. The Hall–Kier alpha value is -1.55. The highest BCUT2D eigenvalue weighted by molar-refractivity contribution is 5.96. The van der Waals surface area contributed by atoms with E-state index in [1.807, 2.05) is 13.8 Å². The number of carbonyl (C=O) groups is 1. The van der Waals surface area contributed by atoms with E-state index in [9.17, 15) is 9.90 Å². The molecular formula is C14H21NO3. The maximum atomic E-state index is 12.2. The van der Waals surface area contributed by atoms with Crippen molar-refractivity contribution in [2.24, 2.45) is 0 Å². The molecule has 1 aromatic carbocycles. The molecule has 0 aromatic heterocycles. The van der Waals surface area contributed by atoms with Crippen molar-refractivity contribution in [1.82, 2.24) is 4.90 Å². The fourth-order valence-corrected chi connectivity index (χ4v) is 1.59. The van der Waals surface area contributed by atoms with Crippen molar-refractivity contribution in [2.45, 2.75) is 26.9 Å². The summed E-state index contributed by atoms with van der Waals surface area (Å²) in [5, 5.41) is 9.58. The number of benzene rings is 1. The zero-order chi connectivity index (χ0) is 13.7. The van der Waals surface area contributed by atoms with Gasteiger partial charge in [-0.1, -0.05) is 6.07 Å². The summed E-state index contributed by atoms with van der Waals surface area (Å²) in [4.78, 5) is 13.8. The number of hydrogen-bond donors (Lipinski definition) is 1. The van der Waals surface area contributed by atoms with Crippen LogP contribution >= 0.6 is 0 Å². The third-order valence-corrected chi connectivity index (χ3v) is 2.76. The fourth-order valence-electron chi connectivity index (χ4n) is 1.59. The number of aromatic hydroxyl groups is 1. The van der Waals surface area contributed by atoms with Crippen molar-refractivity contribution in [1.29, 1.82) is 0 Å². The van der Waals surface area contributed by atoms with Crippen molar-refractivity contribution in [3.05, 3.63) is 29.3 Å². The number of phenolic OH excluding ortho intramolecular Hbond substituents is 1. The molecule has 0 saturated carbocycles. The molecule has 0 bridgehead atoms. The molecule has 18 heavy (non-hydrogen) atoms. The van der Waals surface area contributed by atoms with E-state index in [1.165, 1.54) is 0 Å². The second kappa shape index (κ2) is 6.40. The van der Waals surface area contributed by atoms with Gasteiger partial charge in [-0.05, 0) is 32.9 Å². The minimum Gasteiger partial charge on any atom is -0.508 e. The highest BCUT2D eigenvalue weighted by Gasteiger charge is 2.15. The maximum Gasteiger partial charge on any atom is 0.254 e. The van der Waals surface area contributed by atoms with Crippen molar-refractivity contribution in [2.75, 3.05) is 20.2 Å². The predicted octanol–water partition coefficient (Wildman–Crippen LogP) is 2.20. The third kappa shape index (κ3) is 3.74. The number of phenols is 1. The largest absolute Gasteiger partial charge is 0.508 e. The van der Waals surface area contributed by atoms with Gasteiger partial charge >= 0.3 is 0 Å². The molecule has 0 unspecified atom stereocenters. The first kappa shape index (κ1) is 14.5. The van der Waals surface area contributed by atoms with Crippen LogP contribution in [0.4, 0.5) is 0 Å². The van der Waals surface area contributed by atoms with E-state index >= 15 is 0 Å². The first-order chi connectivity index (χ1) is 8.43. The molecule has 1 amide bonds. The summed E-state index contributed by atoms with van der Waals surface area (Å²) in [5.74, 6) is 0.0448. The lowest BCUT2D eigenvalue weighted by atomic mass is 10.1. The van der Waals surface area contributed by atoms with Gasteiger partial charge in [-0.2, -0.15) is 0 Å². The molecule has 0 heterocycles. The number of hydrogen-bond acceptors (Lipinski definition) is 3. The molecule has 1 rings (SSSR count). The van der Waals surface area contributed by atoms with Gasteiger partial charge in [-0.3, -0.25) is 4.79 Å².